The lowest BCUT2D eigenvalue weighted by Crippen LogP contribution is -2.13. The third kappa shape index (κ3) is 4.69. The summed E-state index contributed by atoms with van der Waals surface area (Å²) in [5.74, 6) is 0.499. The first-order valence-electron chi connectivity index (χ1n) is 6.67. The van der Waals surface area contributed by atoms with Crippen molar-refractivity contribution in [2.45, 2.75) is 13.2 Å². The molecule has 4 heteroatoms. The lowest BCUT2D eigenvalue weighted by Gasteiger charge is -2.13. The van der Waals surface area contributed by atoms with Gasteiger partial charge >= 0.3 is 0 Å². The second-order valence-corrected chi connectivity index (χ2v) is 5.47. The van der Waals surface area contributed by atoms with Crippen LogP contribution in [-0.4, -0.2) is 6.54 Å². The Hall–Kier alpha value is -1.65. The van der Waals surface area contributed by atoms with Crippen LogP contribution in [0.4, 0.5) is 4.39 Å². The molecule has 2 aromatic rings. The Bertz CT molecular complexity index is 615. The van der Waals surface area contributed by atoms with E-state index in [-0.39, 0.29) is 12.4 Å². The molecule has 2 aromatic carbocycles. The van der Waals surface area contributed by atoms with Crippen LogP contribution < -0.4 is 10.1 Å². The average molecular weight is 350 g/mol. The molecule has 0 saturated carbocycles. The van der Waals surface area contributed by atoms with Crippen molar-refractivity contribution < 1.29 is 9.13 Å². The zero-order valence-corrected chi connectivity index (χ0v) is 13.2. The van der Waals surface area contributed by atoms with E-state index in [9.17, 15) is 4.39 Å². The molecule has 0 atom stereocenters. The minimum atomic E-state index is -0.249. The van der Waals surface area contributed by atoms with E-state index in [1.807, 2.05) is 18.2 Å². The average Bonchev–Trinajstić information content (AvgIpc) is 2.48. The second-order valence-electron chi connectivity index (χ2n) is 4.55. The highest BCUT2D eigenvalue weighted by Crippen LogP contribution is 2.24. The van der Waals surface area contributed by atoms with E-state index in [1.54, 1.807) is 24.3 Å². The van der Waals surface area contributed by atoms with Crippen molar-refractivity contribution in [3.63, 3.8) is 0 Å². The maximum Gasteiger partial charge on any atom is 0.129 e. The van der Waals surface area contributed by atoms with Gasteiger partial charge in [0.25, 0.3) is 0 Å². The lowest BCUT2D eigenvalue weighted by atomic mass is 10.2. The van der Waals surface area contributed by atoms with E-state index in [1.165, 1.54) is 6.07 Å². The number of hydrogen-bond acceptors (Lipinski definition) is 2. The zero-order chi connectivity index (χ0) is 15.1. The number of hydrogen-bond donors (Lipinski definition) is 1. The van der Waals surface area contributed by atoms with Crippen molar-refractivity contribution >= 4 is 15.9 Å². The van der Waals surface area contributed by atoms with E-state index < -0.39 is 0 Å². The molecule has 0 fully saturated rings. The van der Waals surface area contributed by atoms with Gasteiger partial charge in [0.05, 0.1) is 0 Å². The van der Waals surface area contributed by atoms with Gasteiger partial charge in [0, 0.05) is 28.7 Å². The van der Waals surface area contributed by atoms with Gasteiger partial charge < -0.3 is 10.1 Å². The molecule has 0 spiro atoms. The molecule has 0 amide bonds. The molecule has 0 aliphatic carbocycles. The highest BCUT2D eigenvalue weighted by Gasteiger charge is 2.07. The van der Waals surface area contributed by atoms with Gasteiger partial charge in [-0.1, -0.05) is 40.2 Å². The summed E-state index contributed by atoms with van der Waals surface area (Å²) in [6.07, 6.45) is 1.80. The molecule has 0 aliphatic heterocycles. The van der Waals surface area contributed by atoms with Crippen molar-refractivity contribution in [2.75, 3.05) is 6.54 Å². The van der Waals surface area contributed by atoms with Gasteiger partial charge in [-0.3, -0.25) is 0 Å². The number of nitrogens with one attached hydrogen (secondary N) is 1. The molecule has 0 radical (unpaired) electrons. The molecule has 0 saturated heterocycles. The molecule has 0 heterocycles. The zero-order valence-electron chi connectivity index (χ0n) is 11.6. The Morgan fingerprint density at radius 1 is 1.19 bits per heavy atom. The fourth-order valence-electron chi connectivity index (χ4n) is 1.91. The summed E-state index contributed by atoms with van der Waals surface area (Å²) in [6.45, 7) is 5.27. The van der Waals surface area contributed by atoms with Crippen LogP contribution in [0.15, 0.2) is 59.6 Å². The third-order valence-corrected chi connectivity index (χ3v) is 3.46. The van der Waals surface area contributed by atoms with E-state index in [2.05, 4.69) is 27.8 Å². The van der Waals surface area contributed by atoms with Crippen molar-refractivity contribution in [1.29, 1.82) is 0 Å². The molecule has 110 valence electrons. The summed E-state index contributed by atoms with van der Waals surface area (Å²) >= 11 is 3.45. The van der Waals surface area contributed by atoms with Crippen LogP contribution >= 0.6 is 15.9 Å². The maximum atomic E-state index is 13.6. The molecule has 0 bridgehead atoms. The Morgan fingerprint density at radius 3 is 2.76 bits per heavy atom. The summed E-state index contributed by atoms with van der Waals surface area (Å²) in [4.78, 5) is 0. The van der Waals surface area contributed by atoms with Gasteiger partial charge in [-0.25, -0.2) is 4.39 Å². The predicted octanol–water partition coefficient (Wildman–Crippen LogP) is 4.44. The quantitative estimate of drug-likeness (QED) is 0.589. The fourth-order valence-corrected chi connectivity index (χ4v) is 2.32. The van der Waals surface area contributed by atoms with Crippen LogP contribution in [0.3, 0.4) is 0 Å². The third-order valence-electron chi connectivity index (χ3n) is 2.97. The normalized spacial score (nSPS) is 10.4. The van der Waals surface area contributed by atoms with Gasteiger partial charge in [0.1, 0.15) is 18.2 Å². The molecular weight excluding hydrogens is 333 g/mol. The van der Waals surface area contributed by atoms with Gasteiger partial charge in [-0.2, -0.15) is 0 Å². The van der Waals surface area contributed by atoms with Crippen molar-refractivity contribution in [3.05, 3.63) is 76.5 Å². The number of ether oxygens (including phenoxy) is 1. The van der Waals surface area contributed by atoms with Crippen LogP contribution in [0.2, 0.25) is 0 Å². The predicted molar refractivity (Wildman–Crippen MR) is 86.8 cm³/mol. The molecular formula is C17H17BrFNO. The summed E-state index contributed by atoms with van der Waals surface area (Å²) in [5.41, 5.74) is 1.56. The smallest absolute Gasteiger partial charge is 0.129 e. The van der Waals surface area contributed by atoms with E-state index in [4.69, 9.17) is 4.74 Å². The summed E-state index contributed by atoms with van der Waals surface area (Å²) < 4.78 is 20.3. The number of rotatable bonds is 7. The Balaban J connectivity index is 2.08. The Morgan fingerprint density at radius 2 is 2.00 bits per heavy atom. The van der Waals surface area contributed by atoms with Gasteiger partial charge in [0.15, 0.2) is 0 Å². The van der Waals surface area contributed by atoms with E-state index >= 15 is 0 Å². The first kappa shape index (κ1) is 15.7. The Kier molecular flexibility index (Phi) is 5.96. The highest BCUT2D eigenvalue weighted by molar-refractivity contribution is 9.10. The summed E-state index contributed by atoms with van der Waals surface area (Å²) in [7, 11) is 0. The second kappa shape index (κ2) is 7.96. The molecule has 0 aliphatic rings. The first-order valence-corrected chi connectivity index (χ1v) is 7.46. The van der Waals surface area contributed by atoms with Crippen molar-refractivity contribution in [2.24, 2.45) is 0 Å². The minimum absolute atomic E-state index is 0.211. The van der Waals surface area contributed by atoms with Crippen LogP contribution in [0.25, 0.3) is 0 Å². The van der Waals surface area contributed by atoms with Crippen LogP contribution in [0, 0.1) is 5.82 Å². The van der Waals surface area contributed by atoms with Crippen LogP contribution in [0.1, 0.15) is 11.1 Å². The van der Waals surface area contributed by atoms with E-state index in [0.29, 0.717) is 12.1 Å². The van der Waals surface area contributed by atoms with Crippen molar-refractivity contribution in [1.82, 2.24) is 5.32 Å². The standard InChI is InChI=1S/C17H17BrFNO/c1-2-9-20-11-14-10-15(18)7-8-17(14)21-12-13-5-3-4-6-16(13)19/h2-8,10,20H,1,9,11-12H2. The molecule has 2 nitrogen and oxygen atoms in total. The van der Waals surface area contributed by atoms with Gasteiger partial charge in [-0.15, -0.1) is 6.58 Å². The van der Waals surface area contributed by atoms with Gasteiger partial charge in [0.2, 0.25) is 0 Å². The maximum absolute atomic E-state index is 13.6. The lowest BCUT2D eigenvalue weighted by molar-refractivity contribution is 0.296. The monoisotopic (exact) mass is 349 g/mol. The number of benzene rings is 2. The summed E-state index contributed by atoms with van der Waals surface area (Å²) in [6, 6.07) is 12.4. The molecule has 1 N–H and O–H groups in total. The molecule has 2 rings (SSSR count). The van der Waals surface area contributed by atoms with Gasteiger partial charge in [-0.05, 0) is 24.3 Å². The number of halogens is 2. The Labute approximate surface area is 132 Å². The minimum Gasteiger partial charge on any atom is -0.488 e. The van der Waals surface area contributed by atoms with Crippen LogP contribution in [-0.2, 0) is 13.2 Å². The first-order chi connectivity index (χ1) is 10.2. The topological polar surface area (TPSA) is 21.3 Å². The van der Waals surface area contributed by atoms with Crippen LogP contribution in [0.5, 0.6) is 5.75 Å². The van der Waals surface area contributed by atoms with Crippen molar-refractivity contribution in [3.8, 4) is 5.75 Å². The summed E-state index contributed by atoms with van der Waals surface area (Å²) in [5, 5.41) is 3.24. The highest BCUT2D eigenvalue weighted by atomic mass is 79.9. The largest absolute Gasteiger partial charge is 0.488 e. The molecule has 21 heavy (non-hydrogen) atoms. The SMILES string of the molecule is C=CCNCc1cc(Br)ccc1OCc1ccccc1F. The molecule has 0 aromatic heterocycles. The molecule has 0 unspecified atom stereocenters. The fraction of sp³-hybridized carbons (Fsp3) is 0.176. The van der Waals surface area contributed by atoms with E-state index in [0.717, 1.165) is 22.3 Å².